The normalized spacial score (nSPS) is 11.0. The van der Waals surface area contributed by atoms with Crippen LogP contribution in [0.2, 0.25) is 4.34 Å². The van der Waals surface area contributed by atoms with Gasteiger partial charge in [-0.25, -0.2) is 4.98 Å². The van der Waals surface area contributed by atoms with Gasteiger partial charge >= 0.3 is 0 Å². The number of rotatable bonds is 3. The number of hydrogen-bond donors (Lipinski definition) is 1. The molecule has 92 valence electrons. The van der Waals surface area contributed by atoms with Gasteiger partial charge in [-0.3, -0.25) is 0 Å². The summed E-state index contributed by atoms with van der Waals surface area (Å²) in [6, 6.07) is 4.18. The lowest BCUT2D eigenvalue weighted by Gasteiger charge is -2.08. The van der Waals surface area contributed by atoms with Gasteiger partial charge < -0.3 is 5.32 Å². The smallest absolute Gasteiger partial charge is 0.113 e. The molecule has 18 heavy (non-hydrogen) atoms. The van der Waals surface area contributed by atoms with Crippen molar-refractivity contribution in [2.24, 2.45) is 0 Å². The number of benzene rings is 1. The summed E-state index contributed by atoms with van der Waals surface area (Å²) in [5.41, 5.74) is 2.35. The molecule has 0 fully saturated rings. The van der Waals surface area contributed by atoms with Crippen LogP contribution in [0.5, 0.6) is 0 Å². The third-order valence-corrected chi connectivity index (χ3v) is 4.64. The monoisotopic (exact) mass is 295 g/mol. The molecule has 0 bridgehead atoms. The van der Waals surface area contributed by atoms with Crippen molar-refractivity contribution >= 4 is 50.2 Å². The minimum Gasteiger partial charge on any atom is -0.378 e. The topological polar surface area (TPSA) is 37.8 Å². The molecule has 0 aliphatic carbocycles. The maximum Gasteiger partial charge on any atom is 0.113 e. The van der Waals surface area contributed by atoms with Crippen LogP contribution in [0.1, 0.15) is 10.6 Å². The first-order chi connectivity index (χ1) is 8.74. The molecule has 1 aromatic carbocycles. The Balaban J connectivity index is 1.84. The Morgan fingerprint density at radius 2 is 2.22 bits per heavy atom. The lowest BCUT2D eigenvalue weighted by atomic mass is 10.1. The molecule has 3 nitrogen and oxygen atoms in total. The lowest BCUT2D eigenvalue weighted by molar-refractivity contribution is 1.10. The zero-order chi connectivity index (χ0) is 12.5. The molecule has 0 radical (unpaired) electrons. The number of aromatic nitrogens is 2. The molecule has 3 aromatic rings. The average molecular weight is 296 g/mol. The Kier molecular flexibility index (Phi) is 3.20. The fourth-order valence-corrected chi connectivity index (χ4v) is 3.41. The van der Waals surface area contributed by atoms with Crippen molar-refractivity contribution < 1.29 is 0 Å². The standard InChI is InChI=1S/C12H10ClN3S2/c1-7-8-4-16-18-10(8)3-2-9(7)14-6-12-15-5-11(13)17-12/h2-5,14H,6H2,1H3. The number of hydrogen-bond acceptors (Lipinski definition) is 5. The van der Waals surface area contributed by atoms with Crippen LogP contribution < -0.4 is 5.32 Å². The van der Waals surface area contributed by atoms with Gasteiger partial charge in [-0.15, -0.1) is 11.3 Å². The van der Waals surface area contributed by atoms with Crippen LogP contribution >= 0.6 is 34.5 Å². The van der Waals surface area contributed by atoms with E-state index in [-0.39, 0.29) is 0 Å². The van der Waals surface area contributed by atoms with E-state index in [1.54, 1.807) is 6.20 Å². The van der Waals surface area contributed by atoms with Crippen LogP contribution in [-0.4, -0.2) is 9.36 Å². The summed E-state index contributed by atoms with van der Waals surface area (Å²) in [5.74, 6) is 0. The maximum atomic E-state index is 5.86. The minimum absolute atomic E-state index is 0.696. The zero-order valence-electron chi connectivity index (χ0n) is 9.61. The number of halogens is 1. The van der Waals surface area contributed by atoms with Crippen molar-refractivity contribution in [2.75, 3.05) is 5.32 Å². The Labute approximate surface area is 118 Å². The molecule has 2 heterocycles. The van der Waals surface area contributed by atoms with E-state index in [1.807, 2.05) is 6.20 Å². The second-order valence-electron chi connectivity index (χ2n) is 3.89. The van der Waals surface area contributed by atoms with Crippen LogP contribution in [0.3, 0.4) is 0 Å². The number of aryl methyl sites for hydroxylation is 1. The third kappa shape index (κ3) is 2.21. The fraction of sp³-hybridized carbons (Fsp3) is 0.167. The highest BCUT2D eigenvalue weighted by Gasteiger charge is 2.06. The summed E-state index contributed by atoms with van der Waals surface area (Å²) in [6.45, 7) is 2.80. The number of thiazole rings is 1. The van der Waals surface area contributed by atoms with E-state index < -0.39 is 0 Å². The van der Waals surface area contributed by atoms with Crippen LogP contribution in [0, 0.1) is 6.92 Å². The summed E-state index contributed by atoms with van der Waals surface area (Å²) in [6.07, 6.45) is 3.60. The molecule has 1 N–H and O–H groups in total. The van der Waals surface area contributed by atoms with Crippen molar-refractivity contribution in [3.05, 3.63) is 39.4 Å². The molecule has 0 aliphatic heterocycles. The summed E-state index contributed by atoms with van der Waals surface area (Å²) in [7, 11) is 0. The van der Waals surface area contributed by atoms with E-state index in [2.05, 4.69) is 33.7 Å². The molecule has 6 heteroatoms. The molecule has 0 spiro atoms. The number of nitrogens with one attached hydrogen (secondary N) is 1. The second-order valence-corrected chi connectivity index (χ2v) is 6.47. The average Bonchev–Trinajstić information content (AvgIpc) is 2.97. The highest BCUT2D eigenvalue weighted by atomic mass is 35.5. The first-order valence-electron chi connectivity index (χ1n) is 5.42. The van der Waals surface area contributed by atoms with Gasteiger partial charge in [-0.2, -0.15) is 4.37 Å². The quantitative estimate of drug-likeness (QED) is 0.781. The maximum absolute atomic E-state index is 5.86. The van der Waals surface area contributed by atoms with E-state index in [4.69, 9.17) is 11.6 Å². The van der Waals surface area contributed by atoms with Crippen LogP contribution in [0.15, 0.2) is 24.5 Å². The van der Waals surface area contributed by atoms with Gasteiger partial charge in [0.05, 0.1) is 17.4 Å². The summed E-state index contributed by atoms with van der Waals surface area (Å²) < 4.78 is 6.15. The molecule has 0 unspecified atom stereocenters. The Morgan fingerprint density at radius 1 is 1.33 bits per heavy atom. The van der Waals surface area contributed by atoms with E-state index >= 15 is 0 Å². The lowest BCUT2D eigenvalue weighted by Crippen LogP contribution is -2.00. The molecule has 0 aliphatic rings. The summed E-state index contributed by atoms with van der Waals surface area (Å²) in [5, 5.41) is 5.59. The third-order valence-electron chi connectivity index (χ3n) is 2.76. The molecular weight excluding hydrogens is 286 g/mol. The van der Waals surface area contributed by atoms with Gasteiger partial charge in [-0.05, 0) is 36.2 Å². The summed E-state index contributed by atoms with van der Waals surface area (Å²) >= 11 is 8.88. The number of fused-ring (bicyclic) bond motifs is 1. The Bertz CT molecular complexity index is 690. The first-order valence-corrected chi connectivity index (χ1v) is 7.39. The molecule has 0 saturated carbocycles. The first kappa shape index (κ1) is 11.9. The van der Waals surface area contributed by atoms with Crippen molar-refractivity contribution in [1.29, 1.82) is 0 Å². The zero-order valence-corrected chi connectivity index (χ0v) is 12.0. The van der Waals surface area contributed by atoms with E-state index in [9.17, 15) is 0 Å². The highest BCUT2D eigenvalue weighted by molar-refractivity contribution is 7.15. The van der Waals surface area contributed by atoms with Gasteiger partial charge in [0.15, 0.2) is 0 Å². The molecule has 0 amide bonds. The number of nitrogens with zero attached hydrogens (tertiary/aromatic N) is 2. The fourth-order valence-electron chi connectivity index (χ4n) is 1.81. The molecule has 0 saturated heterocycles. The Morgan fingerprint density at radius 3 is 3.00 bits per heavy atom. The predicted molar refractivity (Wildman–Crippen MR) is 78.8 cm³/mol. The van der Waals surface area contributed by atoms with E-state index in [1.165, 1.54) is 38.5 Å². The van der Waals surface area contributed by atoms with Gasteiger partial charge in [0.25, 0.3) is 0 Å². The highest BCUT2D eigenvalue weighted by Crippen LogP contribution is 2.28. The van der Waals surface area contributed by atoms with Gasteiger partial charge in [-0.1, -0.05) is 11.6 Å². The van der Waals surface area contributed by atoms with Crippen LogP contribution in [0.4, 0.5) is 5.69 Å². The van der Waals surface area contributed by atoms with Crippen LogP contribution in [0.25, 0.3) is 10.1 Å². The molecular formula is C12H10ClN3S2. The molecule has 0 atom stereocenters. The second kappa shape index (κ2) is 4.84. The largest absolute Gasteiger partial charge is 0.378 e. The molecule has 2 aromatic heterocycles. The van der Waals surface area contributed by atoms with Crippen molar-refractivity contribution in [2.45, 2.75) is 13.5 Å². The summed E-state index contributed by atoms with van der Waals surface area (Å²) in [4.78, 5) is 4.23. The molecule has 3 rings (SSSR count). The Hall–Kier alpha value is -1.17. The van der Waals surface area contributed by atoms with E-state index in [0.717, 1.165) is 15.0 Å². The number of anilines is 1. The SMILES string of the molecule is Cc1c(NCc2ncc(Cl)s2)ccc2sncc12. The van der Waals surface area contributed by atoms with Gasteiger partial charge in [0.2, 0.25) is 0 Å². The van der Waals surface area contributed by atoms with Gasteiger partial charge in [0, 0.05) is 17.3 Å². The minimum atomic E-state index is 0.696. The van der Waals surface area contributed by atoms with E-state index in [0.29, 0.717) is 6.54 Å². The van der Waals surface area contributed by atoms with Crippen molar-refractivity contribution in [1.82, 2.24) is 9.36 Å². The van der Waals surface area contributed by atoms with Crippen molar-refractivity contribution in [3.8, 4) is 0 Å². The van der Waals surface area contributed by atoms with Crippen LogP contribution in [-0.2, 0) is 6.54 Å². The van der Waals surface area contributed by atoms with Crippen molar-refractivity contribution in [3.63, 3.8) is 0 Å². The van der Waals surface area contributed by atoms with Gasteiger partial charge in [0.1, 0.15) is 9.34 Å². The predicted octanol–water partition coefficient (Wildman–Crippen LogP) is 4.33.